The quantitative estimate of drug-likeness (QED) is 0.841. The molecule has 2 aromatic rings. The number of para-hydroxylation sites is 1. The summed E-state index contributed by atoms with van der Waals surface area (Å²) in [5, 5.41) is 3.35. The van der Waals surface area contributed by atoms with Gasteiger partial charge in [-0.05, 0) is 42.6 Å². The van der Waals surface area contributed by atoms with Gasteiger partial charge >= 0.3 is 0 Å². The van der Waals surface area contributed by atoms with Crippen LogP contribution in [0.2, 0.25) is 0 Å². The smallest absolute Gasteiger partial charge is 0.227 e. The predicted octanol–water partition coefficient (Wildman–Crippen LogP) is 3.40. The molecule has 1 aliphatic heterocycles. The normalized spacial score (nSPS) is 17.1. The molecule has 4 heteroatoms. The van der Waals surface area contributed by atoms with Gasteiger partial charge in [0, 0.05) is 30.8 Å². The largest absolute Gasteiger partial charge is 0.496 e. The van der Waals surface area contributed by atoms with Crippen LogP contribution in [-0.2, 0) is 17.8 Å². The third-order valence-corrected chi connectivity index (χ3v) is 4.71. The van der Waals surface area contributed by atoms with Crippen LogP contribution in [0.1, 0.15) is 24.5 Å². The summed E-state index contributed by atoms with van der Waals surface area (Å²) in [5.41, 5.74) is 3.44. The summed E-state index contributed by atoms with van der Waals surface area (Å²) in [5.74, 6) is 1.49. The van der Waals surface area contributed by atoms with Crippen LogP contribution in [0.5, 0.6) is 5.75 Å². The molecule has 0 spiro atoms. The lowest BCUT2D eigenvalue weighted by Crippen LogP contribution is -2.24. The van der Waals surface area contributed by atoms with Gasteiger partial charge < -0.3 is 15.0 Å². The molecular weight excluding hydrogens is 312 g/mol. The molecule has 0 aliphatic carbocycles. The molecule has 0 bridgehead atoms. The SMILES string of the molecule is CCNCc1cc(C[C@H]2CC(=O)N(c3ccccc3)C2)ccc1OC. The minimum Gasteiger partial charge on any atom is -0.496 e. The molecule has 4 nitrogen and oxygen atoms in total. The van der Waals surface area contributed by atoms with Crippen LogP contribution in [0.15, 0.2) is 48.5 Å². The van der Waals surface area contributed by atoms with Crippen LogP contribution in [0.25, 0.3) is 0 Å². The fraction of sp³-hybridized carbons (Fsp3) is 0.381. The molecule has 1 heterocycles. The maximum Gasteiger partial charge on any atom is 0.227 e. The van der Waals surface area contributed by atoms with Crippen molar-refractivity contribution in [2.45, 2.75) is 26.3 Å². The number of hydrogen-bond donors (Lipinski definition) is 1. The monoisotopic (exact) mass is 338 g/mol. The maximum atomic E-state index is 12.4. The van der Waals surface area contributed by atoms with Crippen molar-refractivity contribution in [3.8, 4) is 5.75 Å². The second kappa shape index (κ2) is 8.17. The van der Waals surface area contributed by atoms with Gasteiger partial charge in [0.1, 0.15) is 5.75 Å². The van der Waals surface area contributed by atoms with Crippen LogP contribution in [-0.4, -0.2) is 26.1 Å². The Kier molecular flexibility index (Phi) is 5.71. The number of hydrogen-bond acceptors (Lipinski definition) is 3. The van der Waals surface area contributed by atoms with Crippen molar-refractivity contribution in [1.82, 2.24) is 5.32 Å². The number of amides is 1. The van der Waals surface area contributed by atoms with E-state index in [2.05, 4.69) is 24.4 Å². The van der Waals surface area contributed by atoms with Crippen molar-refractivity contribution in [3.05, 3.63) is 59.7 Å². The topological polar surface area (TPSA) is 41.6 Å². The van der Waals surface area contributed by atoms with Gasteiger partial charge in [0.2, 0.25) is 5.91 Å². The van der Waals surface area contributed by atoms with Crippen LogP contribution in [0.4, 0.5) is 5.69 Å². The van der Waals surface area contributed by atoms with Crippen LogP contribution in [0, 0.1) is 5.92 Å². The zero-order chi connectivity index (χ0) is 17.6. The van der Waals surface area contributed by atoms with Crippen molar-refractivity contribution in [2.75, 3.05) is 25.1 Å². The fourth-order valence-corrected chi connectivity index (χ4v) is 3.47. The lowest BCUT2D eigenvalue weighted by atomic mass is 9.97. The van der Waals surface area contributed by atoms with Crippen molar-refractivity contribution < 1.29 is 9.53 Å². The molecule has 0 aromatic heterocycles. The van der Waals surface area contributed by atoms with Gasteiger partial charge in [-0.2, -0.15) is 0 Å². The summed E-state index contributed by atoms with van der Waals surface area (Å²) in [7, 11) is 1.71. The standard InChI is InChI=1S/C21H26N2O2/c1-3-22-14-18-12-16(9-10-20(18)25-2)11-17-13-21(24)23(15-17)19-7-5-4-6-8-19/h4-10,12,17,22H,3,11,13-15H2,1-2H3/t17-/m0/s1. The number of carbonyl (C=O) groups is 1. The molecule has 1 amide bonds. The second-order valence-corrected chi connectivity index (χ2v) is 6.54. The van der Waals surface area contributed by atoms with E-state index in [1.807, 2.05) is 41.3 Å². The zero-order valence-electron chi connectivity index (χ0n) is 15.0. The van der Waals surface area contributed by atoms with Crippen molar-refractivity contribution in [3.63, 3.8) is 0 Å². The van der Waals surface area contributed by atoms with Crippen LogP contribution in [0.3, 0.4) is 0 Å². The molecule has 1 fully saturated rings. The van der Waals surface area contributed by atoms with Crippen molar-refractivity contribution in [1.29, 1.82) is 0 Å². The average molecular weight is 338 g/mol. The average Bonchev–Trinajstić information content (AvgIpc) is 3.01. The maximum absolute atomic E-state index is 12.4. The van der Waals surface area contributed by atoms with Gasteiger partial charge in [-0.3, -0.25) is 4.79 Å². The lowest BCUT2D eigenvalue weighted by molar-refractivity contribution is -0.117. The number of carbonyl (C=O) groups excluding carboxylic acids is 1. The van der Waals surface area contributed by atoms with Crippen LogP contribution < -0.4 is 15.0 Å². The molecule has 1 atom stereocenters. The Hall–Kier alpha value is -2.33. The highest BCUT2D eigenvalue weighted by atomic mass is 16.5. The molecule has 0 saturated carbocycles. The summed E-state index contributed by atoms with van der Waals surface area (Å²) in [6.45, 7) is 4.61. The van der Waals surface area contributed by atoms with E-state index in [1.54, 1.807) is 7.11 Å². The lowest BCUT2D eigenvalue weighted by Gasteiger charge is -2.17. The summed E-state index contributed by atoms with van der Waals surface area (Å²) >= 11 is 0. The van der Waals surface area contributed by atoms with E-state index >= 15 is 0 Å². The Bertz CT molecular complexity index is 715. The second-order valence-electron chi connectivity index (χ2n) is 6.54. The highest BCUT2D eigenvalue weighted by Crippen LogP contribution is 2.28. The minimum absolute atomic E-state index is 0.220. The molecule has 0 radical (unpaired) electrons. The molecule has 1 saturated heterocycles. The molecule has 3 rings (SSSR count). The fourth-order valence-electron chi connectivity index (χ4n) is 3.47. The third-order valence-electron chi connectivity index (χ3n) is 4.71. The number of nitrogens with one attached hydrogen (secondary N) is 1. The first-order valence-corrected chi connectivity index (χ1v) is 8.93. The summed E-state index contributed by atoms with van der Waals surface area (Å²) in [6.07, 6.45) is 1.53. The highest BCUT2D eigenvalue weighted by molar-refractivity contribution is 5.95. The highest BCUT2D eigenvalue weighted by Gasteiger charge is 2.30. The predicted molar refractivity (Wildman–Crippen MR) is 101 cm³/mol. The molecule has 25 heavy (non-hydrogen) atoms. The van der Waals surface area contributed by atoms with Gasteiger partial charge in [0.05, 0.1) is 7.11 Å². The Morgan fingerprint density at radius 3 is 2.72 bits per heavy atom. The third kappa shape index (κ3) is 4.20. The number of nitrogens with zero attached hydrogens (tertiary/aromatic N) is 1. The minimum atomic E-state index is 0.220. The Balaban J connectivity index is 1.69. The Labute approximate surface area is 149 Å². The van der Waals surface area contributed by atoms with Crippen LogP contribution >= 0.6 is 0 Å². The number of ether oxygens (including phenoxy) is 1. The summed E-state index contributed by atoms with van der Waals surface area (Å²) < 4.78 is 5.46. The number of rotatable bonds is 7. The van der Waals surface area contributed by atoms with Gasteiger partial charge in [0.15, 0.2) is 0 Å². The first kappa shape index (κ1) is 17.5. The van der Waals surface area contributed by atoms with Gasteiger partial charge in [-0.25, -0.2) is 0 Å². The molecule has 1 aliphatic rings. The summed E-state index contributed by atoms with van der Waals surface area (Å²) in [6, 6.07) is 16.3. The van der Waals surface area contributed by atoms with Crippen molar-refractivity contribution >= 4 is 11.6 Å². The first-order valence-electron chi connectivity index (χ1n) is 8.93. The number of methoxy groups -OCH3 is 1. The van der Waals surface area contributed by atoms with E-state index in [-0.39, 0.29) is 5.91 Å². The van der Waals surface area contributed by atoms with E-state index in [1.165, 1.54) is 11.1 Å². The van der Waals surface area contributed by atoms with E-state index in [9.17, 15) is 4.79 Å². The molecular formula is C21H26N2O2. The molecule has 1 N–H and O–H groups in total. The van der Waals surface area contributed by atoms with E-state index < -0.39 is 0 Å². The van der Waals surface area contributed by atoms with Crippen molar-refractivity contribution in [2.24, 2.45) is 5.92 Å². The van der Waals surface area contributed by atoms with Gasteiger partial charge in [-0.1, -0.05) is 37.3 Å². The molecule has 132 valence electrons. The zero-order valence-corrected chi connectivity index (χ0v) is 15.0. The van der Waals surface area contributed by atoms with Gasteiger partial charge in [0.25, 0.3) is 0 Å². The Morgan fingerprint density at radius 1 is 1.20 bits per heavy atom. The molecule has 0 unspecified atom stereocenters. The van der Waals surface area contributed by atoms with E-state index in [0.717, 1.165) is 37.5 Å². The van der Waals surface area contributed by atoms with E-state index in [4.69, 9.17) is 4.74 Å². The number of benzene rings is 2. The Morgan fingerprint density at radius 2 is 2.00 bits per heavy atom. The molecule has 2 aromatic carbocycles. The first-order chi connectivity index (χ1) is 12.2. The summed E-state index contributed by atoms with van der Waals surface area (Å²) in [4.78, 5) is 14.3. The van der Waals surface area contributed by atoms with Gasteiger partial charge in [-0.15, -0.1) is 0 Å². The van der Waals surface area contributed by atoms with E-state index in [0.29, 0.717) is 12.3 Å². The number of anilines is 1.